The summed E-state index contributed by atoms with van der Waals surface area (Å²) in [7, 11) is 0. The zero-order valence-corrected chi connectivity index (χ0v) is 19.9. The lowest BCUT2D eigenvalue weighted by Gasteiger charge is -2.40. The molecule has 2 aromatic carbocycles. The van der Waals surface area contributed by atoms with Crippen molar-refractivity contribution >= 4 is 45.2 Å². The molecule has 1 saturated heterocycles. The van der Waals surface area contributed by atoms with Gasteiger partial charge >= 0.3 is 0 Å². The highest BCUT2D eigenvalue weighted by atomic mass is 35.5. The number of aromatic hydroxyl groups is 1. The fourth-order valence-corrected chi connectivity index (χ4v) is 5.86. The maximum Gasteiger partial charge on any atom is 0.230 e. The maximum absolute atomic E-state index is 11.1. The fourth-order valence-electron chi connectivity index (χ4n) is 4.22. The summed E-state index contributed by atoms with van der Waals surface area (Å²) in [5.41, 5.74) is 2.14. The molecule has 0 aliphatic carbocycles. The molecule has 2 aromatic heterocycles. The summed E-state index contributed by atoms with van der Waals surface area (Å²) in [6.07, 6.45) is 0.719. The van der Waals surface area contributed by atoms with E-state index in [0.29, 0.717) is 15.0 Å². The highest BCUT2D eigenvalue weighted by molar-refractivity contribution is 7.17. The van der Waals surface area contributed by atoms with E-state index in [0.717, 1.165) is 48.9 Å². The van der Waals surface area contributed by atoms with Gasteiger partial charge in [-0.05, 0) is 29.8 Å². The van der Waals surface area contributed by atoms with Crippen LogP contribution in [0.1, 0.15) is 29.2 Å². The van der Waals surface area contributed by atoms with Crippen molar-refractivity contribution in [1.29, 1.82) is 0 Å². The van der Waals surface area contributed by atoms with Crippen molar-refractivity contribution in [1.82, 2.24) is 19.5 Å². The lowest BCUT2D eigenvalue weighted by Crippen LogP contribution is -2.47. The Kier molecular flexibility index (Phi) is 5.99. The number of hydrogen-bond donors (Lipinski definition) is 1. The van der Waals surface area contributed by atoms with Gasteiger partial charge in [0.05, 0.1) is 10.9 Å². The van der Waals surface area contributed by atoms with Crippen molar-refractivity contribution in [3.63, 3.8) is 0 Å². The molecule has 1 aliphatic heterocycles. The maximum atomic E-state index is 11.1. The Hall–Kier alpha value is -2.32. The molecule has 9 heteroatoms. The van der Waals surface area contributed by atoms with Crippen molar-refractivity contribution in [2.75, 3.05) is 31.1 Å². The van der Waals surface area contributed by atoms with Crippen molar-refractivity contribution in [2.45, 2.75) is 19.4 Å². The zero-order chi connectivity index (χ0) is 22.2. The van der Waals surface area contributed by atoms with Crippen LogP contribution in [0, 0.1) is 0 Å². The van der Waals surface area contributed by atoms with Crippen LogP contribution in [0.15, 0.2) is 48.5 Å². The van der Waals surface area contributed by atoms with Gasteiger partial charge in [-0.2, -0.15) is 4.52 Å². The number of piperazine rings is 1. The van der Waals surface area contributed by atoms with Gasteiger partial charge < -0.3 is 10.0 Å². The Balaban J connectivity index is 1.51. The first-order valence-electron chi connectivity index (χ1n) is 10.6. The molecule has 0 bridgehead atoms. The smallest absolute Gasteiger partial charge is 0.230 e. The minimum atomic E-state index is -0.212. The van der Waals surface area contributed by atoms with E-state index < -0.39 is 0 Å². The van der Waals surface area contributed by atoms with Gasteiger partial charge in [-0.15, -0.1) is 5.10 Å². The molecule has 5 rings (SSSR count). The summed E-state index contributed by atoms with van der Waals surface area (Å²) in [5, 5.41) is 16.7. The average Bonchev–Trinajstić information content (AvgIpc) is 3.35. The van der Waals surface area contributed by atoms with Gasteiger partial charge in [-0.1, -0.05) is 65.7 Å². The van der Waals surface area contributed by atoms with Crippen LogP contribution in [-0.4, -0.2) is 50.8 Å². The Morgan fingerprint density at radius 3 is 2.47 bits per heavy atom. The molecule has 0 saturated carbocycles. The molecule has 0 amide bonds. The molecule has 166 valence electrons. The Bertz CT molecular complexity index is 1230. The van der Waals surface area contributed by atoms with Gasteiger partial charge in [-0.3, -0.25) is 4.90 Å². The molecule has 1 N–H and O–H groups in total. The van der Waals surface area contributed by atoms with Crippen LogP contribution in [0.2, 0.25) is 10.0 Å². The number of aryl methyl sites for hydroxylation is 1. The van der Waals surface area contributed by atoms with E-state index in [-0.39, 0.29) is 11.9 Å². The molecule has 3 heterocycles. The van der Waals surface area contributed by atoms with Crippen LogP contribution in [0.5, 0.6) is 5.88 Å². The van der Waals surface area contributed by atoms with Gasteiger partial charge in [0.15, 0.2) is 5.82 Å². The predicted molar refractivity (Wildman–Crippen MR) is 130 cm³/mol. The average molecular weight is 488 g/mol. The lowest BCUT2D eigenvalue weighted by molar-refractivity contribution is 0.211. The van der Waals surface area contributed by atoms with Gasteiger partial charge in [0.1, 0.15) is 0 Å². The zero-order valence-electron chi connectivity index (χ0n) is 17.6. The van der Waals surface area contributed by atoms with E-state index >= 15 is 0 Å². The second-order valence-electron chi connectivity index (χ2n) is 7.79. The summed E-state index contributed by atoms with van der Waals surface area (Å²) >= 11 is 14.3. The number of fused-ring (bicyclic) bond motifs is 1. The third kappa shape index (κ3) is 3.94. The number of benzene rings is 2. The Morgan fingerprint density at radius 2 is 1.81 bits per heavy atom. The number of halogens is 2. The second-order valence-corrected chi connectivity index (χ2v) is 9.65. The summed E-state index contributed by atoms with van der Waals surface area (Å²) in [5.74, 6) is 0.842. The summed E-state index contributed by atoms with van der Waals surface area (Å²) < 4.78 is 1.54. The third-order valence-corrected chi connectivity index (χ3v) is 7.50. The monoisotopic (exact) mass is 487 g/mol. The quantitative estimate of drug-likeness (QED) is 0.415. The molecule has 0 spiro atoms. The van der Waals surface area contributed by atoms with E-state index in [4.69, 9.17) is 23.2 Å². The van der Waals surface area contributed by atoms with E-state index in [1.54, 1.807) is 6.07 Å². The molecule has 0 unspecified atom stereocenters. The molecule has 1 atom stereocenters. The van der Waals surface area contributed by atoms with Crippen molar-refractivity contribution in [3.05, 3.63) is 74.8 Å². The number of thiazole rings is 1. The summed E-state index contributed by atoms with van der Waals surface area (Å²) in [6, 6.07) is 15.8. The lowest BCUT2D eigenvalue weighted by atomic mass is 10.0. The van der Waals surface area contributed by atoms with E-state index in [1.807, 2.05) is 25.1 Å². The Morgan fingerprint density at radius 1 is 1.06 bits per heavy atom. The molecule has 0 radical (unpaired) electrons. The summed E-state index contributed by atoms with van der Waals surface area (Å²) in [6.45, 7) is 5.41. The molecule has 1 aliphatic rings. The molecule has 32 heavy (non-hydrogen) atoms. The van der Waals surface area contributed by atoms with E-state index in [2.05, 4.69) is 44.1 Å². The number of rotatable bonds is 5. The predicted octanol–water partition coefficient (Wildman–Crippen LogP) is 5.28. The van der Waals surface area contributed by atoms with Crippen LogP contribution in [0.4, 0.5) is 5.69 Å². The van der Waals surface area contributed by atoms with Gasteiger partial charge in [0.2, 0.25) is 10.8 Å². The molecule has 6 nitrogen and oxygen atoms in total. The highest BCUT2D eigenvalue weighted by Crippen LogP contribution is 2.43. The van der Waals surface area contributed by atoms with Crippen molar-refractivity contribution in [3.8, 4) is 5.88 Å². The van der Waals surface area contributed by atoms with Crippen molar-refractivity contribution < 1.29 is 5.11 Å². The first-order chi connectivity index (χ1) is 15.5. The number of aromatic nitrogens is 3. The van der Waals surface area contributed by atoms with Crippen LogP contribution in [0.3, 0.4) is 0 Å². The normalized spacial score (nSPS) is 16.0. The van der Waals surface area contributed by atoms with Gasteiger partial charge in [-0.25, -0.2) is 4.98 Å². The minimum absolute atomic E-state index is 0.124. The van der Waals surface area contributed by atoms with Crippen LogP contribution < -0.4 is 4.90 Å². The number of anilines is 1. The van der Waals surface area contributed by atoms with Crippen LogP contribution in [0.25, 0.3) is 4.96 Å². The molecular formula is C23H23Cl2N5OS. The first-order valence-corrected chi connectivity index (χ1v) is 12.2. The SMILES string of the molecule is CCc1nc2sc([C@H](c3ccc(Cl)cc3Cl)N3CCN(c4ccccc4)CC3)c(O)n2n1. The largest absolute Gasteiger partial charge is 0.492 e. The first kappa shape index (κ1) is 21.5. The minimum Gasteiger partial charge on any atom is -0.492 e. The van der Waals surface area contributed by atoms with E-state index in [9.17, 15) is 5.11 Å². The molecule has 1 fully saturated rings. The van der Waals surface area contributed by atoms with Gasteiger partial charge in [0.25, 0.3) is 0 Å². The van der Waals surface area contributed by atoms with Crippen LogP contribution >= 0.6 is 34.5 Å². The molecular weight excluding hydrogens is 465 g/mol. The van der Waals surface area contributed by atoms with Crippen LogP contribution in [-0.2, 0) is 6.42 Å². The highest BCUT2D eigenvalue weighted by Gasteiger charge is 2.33. The van der Waals surface area contributed by atoms with Gasteiger partial charge in [0, 0.05) is 48.3 Å². The number of para-hydroxylation sites is 1. The summed E-state index contributed by atoms with van der Waals surface area (Å²) in [4.78, 5) is 10.8. The topological polar surface area (TPSA) is 56.9 Å². The number of hydrogen-bond acceptors (Lipinski definition) is 6. The Labute approximate surface area is 200 Å². The molecule has 4 aromatic rings. The second kappa shape index (κ2) is 8.90. The fraction of sp³-hybridized carbons (Fsp3) is 0.304. The van der Waals surface area contributed by atoms with Crippen molar-refractivity contribution in [2.24, 2.45) is 0 Å². The standard InChI is InChI=1S/C23H23Cl2N5OS/c1-2-19-26-23-30(27-19)22(31)21(32-23)20(17-9-8-15(24)14-18(17)25)29-12-10-28(11-13-29)16-6-4-3-5-7-16/h3-9,14,20,31H,2,10-13H2,1H3/t20-/m0/s1. The number of nitrogens with zero attached hydrogens (tertiary/aromatic N) is 5. The third-order valence-electron chi connectivity index (χ3n) is 5.87. The van der Waals surface area contributed by atoms with E-state index in [1.165, 1.54) is 21.5 Å².